The highest BCUT2D eigenvalue weighted by Gasteiger charge is 2.27. The van der Waals surface area contributed by atoms with Crippen LogP contribution in [0.1, 0.15) is 6.42 Å². The lowest BCUT2D eigenvalue weighted by molar-refractivity contribution is -0.145. The minimum atomic E-state index is -4.12. The van der Waals surface area contributed by atoms with Crippen molar-refractivity contribution in [1.82, 2.24) is 4.72 Å². The highest BCUT2D eigenvalue weighted by atomic mass is 32.2. The van der Waals surface area contributed by atoms with Crippen molar-refractivity contribution < 1.29 is 33.0 Å². The van der Waals surface area contributed by atoms with E-state index in [-0.39, 0.29) is 4.90 Å². The zero-order chi connectivity index (χ0) is 15.3. The molecular formula is C11H13NO7S. The van der Waals surface area contributed by atoms with Crippen LogP contribution in [-0.4, -0.2) is 43.7 Å². The second kappa shape index (κ2) is 6.35. The molecule has 8 nitrogen and oxygen atoms in total. The Hall–Kier alpha value is -2.13. The molecule has 0 aliphatic carbocycles. The average Bonchev–Trinajstić information content (AvgIpc) is 2.37. The lowest BCUT2D eigenvalue weighted by atomic mass is 10.2. The predicted molar refractivity (Wildman–Crippen MR) is 67.0 cm³/mol. The van der Waals surface area contributed by atoms with Gasteiger partial charge >= 0.3 is 11.9 Å². The van der Waals surface area contributed by atoms with E-state index in [1.54, 1.807) is 0 Å². The van der Waals surface area contributed by atoms with E-state index in [1.807, 2.05) is 4.72 Å². The maximum Gasteiger partial charge on any atom is 0.322 e. The van der Waals surface area contributed by atoms with Gasteiger partial charge in [-0.1, -0.05) is 0 Å². The molecule has 20 heavy (non-hydrogen) atoms. The van der Waals surface area contributed by atoms with Gasteiger partial charge in [-0.3, -0.25) is 9.59 Å². The van der Waals surface area contributed by atoms with Crippen LogP contribution in [0.5, 0.6) is 5.75 Å². The third-order valence-electron chi connectivity index (χ3n) is 2.34. The summed E-state index contributed by atoms with van der Waals surface area (Å²) in [5, 5.41) is 17.4. The largest absolute Gasteiger partial charge is 0.497 e. The topological polar surface area (TPSA) is 130 Å². The minimum Gasteiger partial charge on any atom is -0.497 e. The van der Waals surface area contributed by atoms with Crippen LogP contribution in [0.3, 0.4) is 0 Å². The van der Waals surface area contributed by atoms with Gasteiger partial charge < -0.3 is 14.9 Å². The SMILES string of the molecule is COc1ccc(S(=O)(=O)N[C@H](CC(=O)O)C(=O)O)cc1. The van der Waals surface area contributed by atoms with E-state index in [1.165, 1.54) is 31.4 Å². The number of sulfonamides is 1. The number of hydrogen-bond donors (Lipinski definition) is 3. The molecule has 9 heteroatoms. The zero-order valence-corrected chi connectivity index (χ0v) is 11.3. The van der Waals surface area contributed by atoms with Gasteiger partial charge in [0.2, 0.25) is 10.0 Å². The molecule has 0 unspecified atom stereocenters. The summed E-state index contributed by atoms with van der Waals surface area (Å²) in [5.74, 6) is -2.55. The van der Waals surface area contributed by atoms with Crippen molar-refractivity contribution in [2.45, 2.75) is 17.4 Å². The van der Waals surface area contributed by atoms with E-state index in [9.17, 15) is 18.0 Å². The molecule has 0 aromatic heterocycles. The molecule has 0 aliphatic heterocycles. The van der Waals surface area contributed by atoms with Crippen LogP contribution in [-0.2, 0) is 19.6 Å². The van der Waals surface area contributed by atoms with Crippen LogP contribution in [0.4, 0.5) is 0 Å². The van der Waals surface area contributed by atoms with Crippen molar-refractivity contribution in [2.24, 2.45) is 0 Å². The first-order valence-corrected chi connectivity index (χ1v) is 6.85. The molecule has 3 N–H and O–H groups in total. The zero-order valence-electron chi connectivity index (χ0n) is 10.4. The van der Waals surface area contributed by atoms with Crippen LogP contribution < -0.4 is 9.46 Å². The number of carboxylic acid groups (broad SMARTS) is 2. The van der Waals surface area contributed by atoms with Gasteiger partial charge in [0, 0.05) is 0 Å². The van der Waals surface area contributed by atoms with Crippen molar-refractivity contribution in [3.8, 4) is 5.75 Å². The Morgan fingerprint density at radius 3 is 2.20 bits per heavy atom. The van der Waals surface area contributed by atoms with Crippen molar-refractivity contribution in [3.05, 3.63) is 24.3 Å². The Bertz CT molecular complexity index is 594. The number of methoxy groups -OCH3 is 1. The van der Waals surface area contributed by atoms with Crippen molar-refractivity contribution >= 4 is 22.0 Å². The smallest absolute Gasteiger partial charge is 0.322 e. The maximum absolute atomic E-state index is 11.9. The molecule has 1 atom stereocenters. The molecule has 1 rings (SSSR count). The molecule has 1 aromatic rings. The van der Waals surface area contributed by atoms with Gasteiger partial charge in [0.05, 0.1) is 18.4 Å². The molecule has 0 spiro atoms. The fourth-order valence-electron chi connectivity index (χ4n) is 1.36. The molecule has 0 saturated heterocycles. The molecule has 0 heterocycles. The molecular weight excluding hydrogens is 290 g/mol. The van der Waals surface area contributed by atoms with E-state index < -0.39 is 34.4 Å². The lowest BCUT2D eigenvalue weighted by Crippen LogP contribution is -2.42. The first-order chi connectivity index (χ1) is 9.26. The van der Waals surface area contributed by atoms with E-state index in [0.29, 0.717) is 5.75 Å². The third-order valence-corrected chi connectivity index (χ3v) is 3.83. The number of carboxylic acids is 2. The van der Waals surface area contributed by atoms with Crippen LogP contribution in [0.2, 0.25) is 0 Å². The fraction of sp³-hybridized carbons (Fsp3) is 0.273. The normalized spacial score (nSPS) is 12.7. The Labute approximate surface area is 115 Å². The van der Waals surface area contributed by atoms with Crippen molar-refractivity contribution in [2.75, 3.05) is 7.11 Å². The number of rotatable bonds is 7. The first kappa shape index (κ1) is 15.9. The number of nitrogens with one attached hydrogen (secondary N) is 1. The van der Waals surface area contributed by atoms with Crippen LogP contribution in [0.25, 0.3) is 0 Å². The van der Waals surface area contributed by atoms with E-state index >= 15 is 0 Å². The third kappa shape index (κ3) is 4.21. The van der Waals surface area contributed by atoms with E-state index in [2.05, 4.69) is 0 Å². The molecule has 0 radical (unpaired) electrons. The van der Waals surface area contributed by atoms with Crippen LogP contribution in [0, 0.1) is 0 Å². The summed E-state index contributed by atoms with van der Waals surface area (Å²) in [6, 6.07) is 3.49. The Morgan fingerprint density at radius 1 is 1.25 bits per heavy atom. The number of carbonyl (C=O) groups is 2. The second-order valence-electron chi connectivity index (χ2n) is 3.79. The second-order valence-corrected chi connectivity index (χ2v) is 5.50. The summed E-state index contributed by atoms with van der Waals surface area (Å²) >= 11 is 0. The Balaban J connectivity index is 2.96. The molecule has 1 aromatic carbocycles. The van der Waals surface area contributed by atoms with Crippen molar-refractivity contribution in [3.63, 3.8) is 0 Å². The fourth-order valence-corrected chi connectivity index (χ4v) is 2.55. The highest BCUT2D eigenvalue weighted by Crippen LogP contribution is 2.16. The average molecular weight is 303 g/mol. The molecule has 0 amide bonds. The molecule has 0 bridgehead atoms. The highest BCUT2D eigenvalue weighted by molar-refractivity contribution is 7.89. The van der Waals surface area contributed by atoms with Gasteiger partial charge in [0.15, 0.2) is 0 Å². The standard InChI is InChI=1S/C11H13NO7S/c1-19-7-2-4-8(5-3-7)20(17,18)12-9(11(15)16)6-10(13)14/h2-5,9,12H,6H2,1H3,(H,13,14)(H,15,16)/t9-/m1/s1. The number of ether oxygens (including phenoxy) is 1. The molecule has 0 fully saturated rings. The summed E-state index contributed by atoms with van der Waals surface area (Å²) in [7, 11) is -2.71. The first-order valence-electron chi connectivity index (χ1n) is 5.37. The van der Waals surface area contributed by atoms with Gasteiger partial charge in [0.1, 0.15) is 11.8 Å². The van der Waals surface area contributed by atoms with Crippen LogP contribution >= 0.6 is 0 Å². The Morgan fingerprint density at radius 2 is 1.80 bits per heavy atom. The van der Waals surface area contributed by atoms with Crippen LogP contribution in [0.15, 0.2) is 29.2 Å². The monoisotopic (exact) mass is 303 g/mol. The molecule has 0 aliphatic rings. The predicted octanol–water partition coefficient (Wildman–Crippen LogP) is -0.0986. The van der Waals surface area contributed by atoms with Gasteiger partial charge in [-0.15, -0.1) is 0 Å². The number of hydrogen-bond acceptors (Lipinski definition) is 5. The number of benzene rings is 1. The van der Waals surface area contributed by atoms with E-state index in [0.717, 1.165) is 0 Å². The minimum absolute atomic E-state index is 0.185. The maximum atomic E-state index is 11.9. The molecule has 0 saturated carbocycles. The van der Waals surface area contributed by atoms with Crippen molar-refractivity contribution in [1.29, 1.82) is 0 Å². The van der Waals surface area contributed by atoms with E-state index in [4.69, 9.17) is 14.9 Å². The Kier molecular flexibility index (Phi) is 5.06. The quantitative estimate of drug-likeness (QED) is 0.641. The van der Waals surface area contributed by atoms with Gasteiger partial charge in [0.25, 0.3) is 0 Å². The summed E-state index contributed by atoms with van der Waals surface area (Å²) in [6.07, 6.45) is -0.856. The van der Waals surface area contributed by atoms with Gasteiger partial charge in [-0.05, 0) is 24.3 Å². The summed E-state index contributed by atoms with van der Waals surface area (Å²) in [4.78, 5) is 21.2. The lowest BCUT2D eigenvalue weighted by Gasteiger charge is -2.13. The van der Waals surface area contributed by atoms with Gasteiger partial charge in [-0.25, -0.2) is 8.42 Å². The van der Waals surface area contributed by atoms with Gasteiger partial charge in [-0.2, -0.15) is 4.72 Å². The summed E-state index contributed by atoms with van der Waals surface area (Å²) in [6.45, 7) is 0. The number of aliphatic carboxylic acids is 2. The molecule has 110 valence electrons. The summed E-state index contributed by atoms with van der Waals surface area (Å²) in [5.41, 5.74) is 0. The summed E-state index contributed by atoms with van der Waals surface area (Å²) < 4.78 is 30.5.